The van der Waals surface area contributed by atoms with Gasteiger partial charge in [0, 0.05) is 10.1 Å². The van der Waals surface area contributed by atoms with E-state index in [-0.39, 0.29) is 16.0 Å². The first-order valence-electron chi connectivity index (χ1n) is 7.45. The van der Waals surface area contributed by atoms with Gasteiger partial charge in [0.05, 0.1) is 16.0 Å². The molecule has 2 heterocycles. The molecule has 7 heteroatoms. The van der Waals surface area contributed by atoms with E-state index in [4.69, 9.17) is 0 Å². The molecule has 3 amide bonds. The smallest absolute Gasteiger partial charge is 0.267 e. The summed E-state index contributed by atoms with van der Waals surface area (Å²) in [6.45, 7) is 1.64. The molecule has 0 aliphatic carbocycles. The first kappa shape index (κ1) is 15.5. The number of benzene rings is 2. The summed E-state index contributed by atoms with van der Waals surface area (Å²) in [5.41, 5.74) is 3.31. The number of fused-ring (bicyclic) bond motifs is 2. The van der Waals surface area contributed by atoms with Crippen molar-refractivity contribution in [3.63, 3.8) is 0 Å². The fourth-order valence-corrected chi connectivity index (χ4v) is 4.03. The molecule has 5 nitrogen and oxygen atoms in total. The maximum Gasteiger partial charge on any atom is 0.280 e. The second-order valence-electron chi connectivity index (χ2n) is 5.60. The van der Waals surface area contributed by atoms with E-state index in [1.54, 1.807) is 31.2 Å². The third-order valence-corrected chi connectivity index (χ3v) is 5.37. The van der Waals surface area contributed by atoms with Crippen molar-refractivity contribution in [2.24, 2.45) is 0 Å². The molecule has 0 bridgehead atoms. The van der Waals surface area contributed by atoms with Crippen molar-refractivity contribution in [2.45, 2.75) is 6.92 Å². The summed E-state index contributed by atoms with van der Waals surface area (Å²) in [5, 5.41) is 1.08. The van der Waals surface area contributed by atoms with Gasteiger partial charge in [-0.15, -0.1) is 11.3 Å². The van der Waals surface area contributed by atoms with Gasteiger partial charge >= 0.3 is 0 Å². The number of rotatable bonds is 2. The normalized spacial score (nSPS) is 13.4. The van der Waals surface area contributed by atoms with E-state index < -0.39 is 23.5 Å². The van der Waals surface area contributed by atoms with Gasteiger partial charge in [-0.3, -0.25) is 19.8 Å². The van der Waals surface area contributed by atoms with Crippen LogP contribution < -0.4 is 5.43 Å². The number of nitrogens with zero attached hydrogens (tertiary/aromatic N) is 1. The molecule has 124 valence electrons. The Balaban J connectivity index is 1.68. The van der Waals surface area contributed by atoms with Gasteiger partial charge < -0.3 is 0 Å². The highest BCUT2D eigenvalue weighted by atomic mass is 32.1. The zero-order valence-electron chi connectivity index (χ0n) is 13.0. The average Bonchev–Trinajstić information content (AvgIpc) is 3.07. The monoisotopic (exact) mass is 354 g/mol. The van der Waals surface area contributed by atoms with Crippen LogP contribution in [0.2, 0.25) is 0 Å². The number of carbonyl (C=O) groups is 3. The van der Waals surface area contributed by atoms with Gasteiger partial charge in [-0.05, 0) is 36.8 Å². The molecule has 3 aromatic rings. The van der Waals surface area contributed by atoms with Gasteiger partial charge in [0.2, 0.25) is 0 Å². The number of halogens is 1. The number of hydrogen-bond acceptors (Lipinski definition) is 4. The highest BCUT2D eigenvalue weighted by Crippen LogP contribution is 2.32. The summed E-state index contributed by atoms with van der Waals surface area (Å²) in [6, 6.07) is 11.0. The average molecular weight is 354 g/mol. The zero-order chi connectivity index (χ0) is 17.7. The van der Waals surface area contributed by atoms with Gasteiger partial charge in [0.1, 0.15) is 5.82 Å². The Bertz CT molecular complexity index is 1040. The summed E-state index contributed by atoms with van der Waals surface area (Å²) in [5.74, 6) is -2.20. The van der Waals surface area contributed by atoms with E-state index in [2.05, 4.69) is 5.43 Å². The van der Waals surface area contributed by atoms with Crippen molar-refractivity contribution in [3.05, 3.63) is 69.8 Å². The number of nitrogens with one attached hydrogen (secondary N) is 1. The lowest BCUT2D eigenvalue weighted by Crippen LogP contribution is -2.45. The van der Waals surface area contributed by atoms with Crippen LogP contribution >= 0.6 is 11.3 Å². The molecule has 1 aromatic heterocycles. The Hall–Kier alpha value is -3.06. The SMILES string of the molecule is Cc1c(C(=O)NN2C(=O)c3ccccc3C2=O)sc2cccc(F)c12. The summed E-state index contributed by atoms with van der Waals surface area (Å²) >= 11 is 1.11. The molecule has 25 heavy (non-hydrogen) atoms. The molecule has 1 aliphatic heterocycles. The molecular weight excluding hydrogens is 343 g/mol. The Morgan fingerprint density at radius 3 is 2.28 bits per heavy atom. The molecule has 0 atom stereocenters. The molecule has 1 aliphatic rings. The van der Waals surface area contributed by atoms with Gasteiger partial charge in [0.15, 0.2) is 0 Å². The minimum absolute atomic E-state index is 0.243. The van der Waals surface area contributed by atoms with Crippen molar-refractivity contribution >= 4 is 39.1 Å². The number of hydrazine groups is 1. The molecule has 1 N–H and O–H groups in total. The highest BCUT2D eigenvalue weighted by molar-refractivity contribution is 7.21. The van der Waals surface area contributed by atoms with E-state index in [1.165, 1.54) is 18.2 Å². The van der Waals surface area contributed by atoms with Crippen LogP contribution in [0.3, 0.4) is 0 Å². The lowest BCUT2D eigenvalue weighted by molar-refractivity contribution is 0.0519. The van der Waals surface area contributed by atoms with Gasteiger partial charge in [0.25, 0.3) is 17.7 Å². The number of imide groups is 1. The quantitative estimate of drug-likeness (QED) is 0.718. The second-order valence-corrected chi connectivity index (χ2v) is 6.65. The van der Waals surface area contributed by atoms with Crippen molar-refractivity contribution in [1.29, 1.82) is 0 Å². The number of hydrogen-bond donors (Lipinski definition) is 1. The number of aryl methyl sites for hydroxylation is 1. The molecule has 0 fully saturated rings. The van der Waals surface area contributed by atoms with Crippen LogP contribution in [0.1, 0.15) is 36.0 Å². The molecule has 4 rings (SSSR count). The van der Waals surface area contributed by atoms with Crippen LogP contribution in [0.25, 0.3) is 10.1 Å². The zero-order valence-corrected chi connectivity index (χ0v) is 13.8. The van der Waals surface area contributed by atoms with E-state index >= 15 is 0 Å². The van der Waals surface area contributed by atoms with Crippen molar-refractivity contribution < 1.29 is 18.8 Å². The molecule has 0 saturated carbocycles. The maximum atomic E-state index is 14.0. The molecule has 0 radical (unpaired) electrons. The lowest BCUT2D eigenvalue weighted by Gasteiger charge is -2.14. The second kappa shape index (κ2) is 5.49. The molecule has 0 saturated heterocycles. The number of amides is 3. The Morgan fingerprint density at radius 2 is 1.68 bits per heavy atom. The third kappa shape index (κ3) is 2.24. The third-order valence-electron chi connectivity index (χ3n) is 4.12. The molecule has 0 spiro atoms. The van der Waals surface area contributed by atoms with E-state index in [9.17, 15) is 18.8 Å². The first-order valence-corrected chi connectivity index (χ1v) is 8.27. The predicted octanol–water partition coefficient (Wildman–Crippen LogP) is 3.29. The van der Waals surface area contributed by atoms with Crippen molar-refractivity contribution in [3.8, 4) is 0 Å². The van der Waals surface area contributed by atoms with Crippen molar-refractivity contribution in [1.82, 2.24) is 10.4 Å². The van der Waals surface area contributed by atoms with Gasteiger partial charge in [-0.25, -0.2) is 4.39 Å². The summed E-state index contributed by atoms with van der Waals surface area (Å²) in [7, 11) is 0. The predicted molar refractivity (Wildman–Crippen MR) is 90.9 cm³/mol. The fraction of sp³-hybridized carbons (Fsp3) is 0.0556. The van der Waals surface area contributed by atoms with Gasteiger partial charge in [-0.1, -0.05) is 18.2 Å². The highest BCUT2D eigenvalue weighted by Gasteiger charge is 2.37. The maximum absolute atomic E-state index is 14.0. The van der Waals surface area contributed by atoms with Crippen LogP contribution in [0.5, 0.6) is 0 Å². The fourth-order valence-electron chi connectivity index (χ4n) is 2.91. The van der Waals surface area contributed by atoms with E-state index in [0.29, 0.717) is 20.7 Å². The van der Waals surface area contributed by atoms with Gasteiger partial charge in [-0.2, -0.15) is 5.01 Å². The Morgan fingerprint density at radius 1 is 1.04 bits per heavy atom. The standard InChI is InChI=1S/C18H11FN2O3S/c1-9-14-12(19)7-4-8-13(14)25-15(9)16(22)20-21-17(23)10-5-2-3-6-11(10)18(21)24/h2-8H,1H3,(H,20,22). The van der Waals surface area contributed by atoms with Crippen LogP contribution in [0, 0.1) is 12.7 Å². The summed E-state index contributed by atoms with van der Waals surface area (Å²) < 4.78 is 14.6. The largest absolute Gasteiger partial charge is 0.280 e. The minimum Gasteiger partial charge on any atom is -0.267 e. The van der Waals surface area contributed by atoms with Crippen molar-refractivity contribution in [2.75, 3.05) is 0 Å². The topological polar surface area (TPSA) is 66.5 Å². The van der Waals surface area contributed by atoms with Crippen LogP contribution in [0.15, 0.2) is 42.5 Å². The molecule has 2 aromatic carbocycles. The lowest BCUT2D eigenvalue weighted by atomic mass is 10.1. The summed E-state index contributed by atoms with van der Waals surface area (Å²) in [4.78, 5) is 37.5. The first-order chi connectivity index (χ1) is 12.0. The molecular formula is C18H11FN2O3S. The Labute approximate surface area is 145 Å². The van der Waals surface area contributed by atoms with E-state index in [1.807, 2.05) is 0 Å². The minimum atomic E-state index is -0.618. The van der Waals surface area contributed by atoms with Crippen LogP contribution in [0.4, 0.5) is 4.39 Å². The number of thiophene rings is 1. The Kier molecular flexibility index (Phi) is 3.40. The van der Waals surface area contributed by atoms with Crippen LogP contribution in [-0.2, 0) is 0 Å². The molecule has 0 unspecified atom stereocenters. The van der Waals surface area contributed by atoms with E-state index in [0.717, 1.165) is 11.3 Å². The number of carbonyl (C=O) groups excluding carboxylic acids is 3. The van der Waals surface area contributed by atoms with Crippen LogP contribution in [-0.4, -0.2) is 22.7 Å². The summed E-state index contributed by atoms with van der Waals surface area (Å²) in [6.07, 6.45) is 0.